The number of carbonyl (C=O) groups is 1. The molecule has 1 atom stereocenters. The van der Waals surface area contributed by atoms with Gasteiger partial charge in [-0.25, -0.2) is 5.43 Å². The van der Waals surface area contributed by atoms with Crippen LogP contribution < -0.4 is 11.2 Å². The Labute approximate surface area is 88.9 Å². The van der Waals surface area contributed by atoms with E-state index in [4.69, 9.17) is 5.73 Å². The average Bonchev–Trinajstić information content (AvgIpc) is 2.20. The minimum atomic E-state index is -0.00212. The molecule has 1 heterocycles. The molecule has 2 rings (SSSR count). The molecule has 0 bridgehead atoms. The summed E-state index contributed by atoms with van der Waals surface area (Å²) in [7, 11) is 0. The molecule has 2 aliphatic rings. The summed E-state index contributed by atoms with van der Waals surface area (Å²) in [5, 5.41) is 4.12. The molecule has 0 saturated carbocycles. The fourth-order valence-corrected chi connectivity index (χ4v) is 1.91. The molecule has 4 nitrogen and oxygen atoms in total. The van der Waals surface area contributed by atoms with Crippen LogP contribution in [0.4, 0.5) is 0 Å². The van der Waals surface area contributed by atoms with Crippen LogP contribution in [-0.4, -0.2) is 11.6 Å². The van der Waals surface area contributed by atoms with Gasteiger partial charge in [0.05, 0.1) is 5.71 Å². The van der Waals surface area contributed by atoms with Gasteiger partial charge in [-0.05, 0) is 24.5 Å². The van der Waals surface area contributed by atoms with Crippen LogP contribution in [0.25, 0.3) is 0 Å². The highest BCUT2D eigenvalue weighted by Gasteiger charge is 2.23. The van der Waals surface area contributed by atoms with Gasteiger partial charge in [-0.2, -0.15) is 5.10 Å². The van der Waals surface area contributed by atoms with Gasteiger partial charge in [0.15, 0.2) is 0 Å². The van der Waals surface area contributed by atoms with Crippen molar-refractivity contribution < 1.29 is 4.79 Å². The summed E-state index contributed by atoms with van der Waals surface area (Å²) in [5.74, 6) is 0.204. The van der Waals surface area contributed by atoms with Gasteiger partial charge in [0.2, 0.25) is 5.91 Å². The van der Waals surface area contributed by atoms with Crippen LogP contribution in [0.3, 0.4) is 0 Å². The number of hydrazone groups is 1. The lowest BCUT2D eigenvalue weighted by Crippen LogP contribution is -2.32. The molecular weight excluding hydrogens is 190 g/mol. The number of carbonyl (C=O) groups excluding carboxylic acids is 1. The maximum atomic E-state index is 11.1. The molecule has 0 aromatic rings. The Morgan fingerprint density at radius 1 is 1.47 bits per heavy atom. The standard InChI is InChI=1S/C11H15N3O/c1-7-6-10(15)13-14-11(7)8-2-4-9(12)5-3-8/h2,4,7H,3,5-6,12H2,1H3,(H,13,15). The summed E-state index contributed by atoms with van der Waals surface area (Å²) in [5.41, 5.74) is 11.3. The summed E-state index contributed by atoms with van der Waals surface area (Å²) in [6.45, 7) is 2.03. The SMILES string of the molecule is CC1CC(=O)NN=C1C1=CC=C(N)CC1. The highest BCUT2D eigenvalue weighted by Crippen LogP contribution is 2.23. The lowest BCUT2D eigenvalue weighted by molar-refractivity contribution is -0.121. The van der Waals surface area contributed by atoms with E-state index in [0.29, 0.717) is 6.42 Å². The van der Waals surface area contributed by atoms with E-state index in [9.17, 15) is 4.79 Å². The third kappa shape index (κ3) is 2.09. The first-order valence-corrected chi connectivity index (χ1v) is 5.19. The van der Waals surface area contributed by atoms with Crippen molar-refractivity contribution in [2.45, 2.75) is 26.2 Å². The predicted octanol–water partition coefficient (Wildman–Crippen LogP) is 1.06. The number of rotatable bonds is 1. The third-order valence-corrected chi connectivity index (χ3v) is 2.77. The van der Waals surface area contributed by atoms with Crippen LogP contribution in [-0.2, 0) is 4.79 Å². The highest BCUT2D eigenvalue weighted by atomic mass is 16.2. The molecule has 1 amide bonds. The highest BCUT2D eigenvalue weighted by molar-refractivity contribution is 6.05. The lowest BCUT2D eigenvalue weighted by atomic mass is 9.89. The van der Waals surface area contributed by atoms with E-state index < -0.39 is 0 Å². The molecule has 4 heteroatoms. The molecule has 0 fully saturated rings. The molecule has 1 aliphatic heterocycles. The van der Waals surface area contributed by atoms with Crippen LogP contribution in [0.1, 0.15) is 26.2 Å². The molecule has 0 radical (unpaired) electrons. The Hall–Kier alpha value is -1.58. The average molecular weight is 205 g/mol. The normalized spacial score (nSPS) is 26.3. The molecule has 0 aromatic heterocycles. The quantitative estimate of drug-likeness (QED) is 0.672. The third-order valence-electron chi connectivity index (χ3n) is 2.77. The van der Waals surface area contributed by atoms with Gasteiger partial charge in [0, 0.05) is 18.0 Å². The van der Waals surface area contributed by atoms with E-state index in [1.54, 1.807) is 0 Å². The molecule has 0 aromatic carbocycles. The van der Waals surface area contributed by atoms with Gasteiger partial charge in [0.25, 0.3) is 0 Å². The van der Waals surface area contributed by atoms with Crippen LogP contribution >= 0.6 is 0 Å². The van der Waals surface area contributed by atoms with Crippen molar-refractivity contribution in [3.05, 3.63) is 23.4 Å². The maximum Gasteiger partial charge on any atom is 0.240 e. The van der Waals surface area contributed by atoms with Crippen LogP contribution in [0.5, 0.6) is 0 Å². The summed E-state index contributed by atoms with van der Waals surface area (Å²) in [4.78, 5) is 11.1. The maximum absolute atomic E-state index is 11.1. The van der Waals surface area contributed by atoms with Gasteiger partial charge < -0.3 is 5.73 Å². The van der Waals surface area contributed by atoms with Crippen molar-refractivity contribution in [3.63, 3.8) is 0 Å². The lowest BCUT2D eigenvalue weighted by Gasteiger charge is -2.22. The monoisotopic (exact) mass is 205 g/mol. The Kier molecular flexibility index (Phi) is 2.58. The van der Waals surface area contributed by atoms with Crippen molar-refractivity contribution in [2.75, 3.05) is 0 Å². The van der Waals surface area contributed by atoms with Crippen LogP contribution in [0.2, 0.25) is 0 Å². The number of hydrogen-bond donors (Lipinski definition) is 2. The Morgan fingerprint density at radius 3 is 2.87 bits per heavy atom. The van der Waals surface area contributed by atoms with Crippen molar-refractivity contribution in [2.24, 2.45) is 16.8 Å². The number of nitrogens with two attached hydrogens (primary N) is 1. The summed E-state index contributed by atoms with van der Waals surface area (Å²) >= 11 is 0. The molecule has 3 N–H and O–H groups in total. The van der Waals surface area contributed by atoms with E-state index in [2.05, 4.69) is 10.5 Å². The van der Waals surface area contributed by atoms with Crippen molar-refractivity contribution >= 4 is 11.6 Å². The van der Waals surface area contributed by atoms with Crippen molar-refractivity contribution in [1.82, 2.24) is 5.43 Å². The Morgan fingerprint density at radius 2 is 2.27 bits per heavy atom. The topological polar surface area (TPSA) is 67.5 Å². The minimum Gasteiger partial charge on any atom is -0.402 e. The number of amides is 1. The second kappa shape index (κ2) is 3.88. The first kappa shape index (κ1) is 9.96. The first-order chi connectivity index (χ1) is 7.16. The predicted molar refractivity (Wildman–Crippen MR) is 58.9 cm³/mol. The van der Waals surface area contributed by atoms with Crippen LogP contribution in [0.15, 0.2) is 28.5 Å². The zero-order chi connectivity index (χ0) is 10.8. The van der Waals surface area contributed by atoms with Gasteiger partial charge in [-0.3, -0.25) is 4.79 Å². The summed E-state index contributed by atoms with van der Waals surface area (Å²) in [6.07, 6.45) is 6.25. The van der Waals surface area contributed by atoms with Crippen LogP contribution in [0, 0.1) is 5.92 Å². The second-order valence-corrected chi connectivity index (χ2v) is 4.07. The largest absolute Gasteiger partial charge is 0.402 e. The van der Waals surface area contributed by atoms with E-state index in [-0.39, 0.29) is 11.8 Å². The second-order valence-electron chi connectivity index (χ2n) is 4.07. The van der Waals surface area contributed by atoms with E-state index >= 15 is 0 Å². The fourth-order valence-electron chi connectivity index (χ4n) is 1.91. The van der Waals surface area contributed by atoms with E-state index in [1.807, 2.05) is 19.1 Å². The minimum absolute atomic E-state index is 0.00212. The molecule has 0 spiro atoms. The zero-order valence-corrected chi connectivity index (χ0v) is 8.79. The van der Waals surface area contributed by atoms with Gasteiger partial charge in [-0.1, -0.05) is 13.0 Å². The van der Waals surface area contributed by atoms with Crippen molar-refractivity contribution in [1.29, 1.82) is 0 Å². The Balaban J connectivity index is 2.21. The summed E-state index contributed by atoms with van der Waals surface area (Å²) in [6, 6.07) is 0. The Bertz CT molecular complexity index is 379. The number of hydrogen-bond acceptors (Lipinski definition) is 3. The summed E-state index contributed by atoms with van der Waals surface area (Å²) < 4.78 is 0. The van der Waals surface area contributed by atoms with Gasteiger partial charge in [0.1, 0.15) is 0 Å². The van der Waals surface area contributed by atoms with Crippen molar-refractivity contribution in [3.8, 4) is 0 Å². The first-order valence-electron chi connectivity index (χ1n) is 5.19. The molecule has 0 saturated heterocycles. The van der Waals surface area contributed by atoms with E-state index in [0.717, 1.165) is 24.3 Å². The number of nitrogens with zero attached hydrogens (tertiary/aromatic N) is 1. The fraction of sp³-hybridized carbons (Fsp3) is 0.455. The van der Waals surface area contributed by atoms with Gasteiger partial charge >= 0.3 is 0 Å². The molecule has 1 aliphatic carbocycles. The zero-order valence-electron chi connectivity index (χ0n) is 8.79. The molecule has 15 heavy (non-hydrogen) atoms. The van der Waals surface area contributed by atoms with Gasteiger partial charge in [-0.15, -0.1) is 0 Å². The van der Waals surface area contributed by atoms with E-state index in [1.165, 1.54) is 5.57 Å². The smallest absolute Gasteiger partial charge is 0.240 e. The molecule has 1 unspecified atom stereocenters. The number of nitrogens with one attached hydrogen (secondary N) is 1. The molecular formula is C11H15N3O. The molecule has 80 valence electrons. The number of allylic oxidation sites excluding steroid dienone is 4.